The van der Waals surface area contributed by atoms with Crippen LogP contribution in [0.2, 0.25) is 0 Å². The molecule has 94 valence electrons. The molecule has 1 aromatic heterocycles. The van der Waals surface area contributed by atoms with E-state index in [-0.39, 0.29) is 18.2 Å². The lowest BCUT2D eigenvalue weighted by molar-refractivity contribution is -0.0203. The lowest BCUT2D eigenvalue weighted by atomic mass is 9.80. The van der Waals surface area contributed by atoms with Crippen LogP contribution in [0.25, 0.3) is 0 Å². The summed E-state index contributed by atoms with van der Waals surface area (Å²) in [4.78, 5) is 3.77. The molecule has 1 aromatic rings. The number of aliphatic hydroxyl groups is 1. The summed E-state index contributed by atoms with van der Waals surface area (Å²) in [7, 11) is 1.51. The molecule has 0 saturated heterocycles. The number of rotatable bonds is 4. The third-order valence-corrected chi connectivity index (χ3v) is 3.04. The highest BCUT2D eigenvalue weighted by Gasteiger charge is 2.34. The Bertz CT molecular complexity index is 421. The molecule has 0 amide bonds. The Labute approximate surface area is 98.1 Å². The van der Waals surface area contributed by atoms with E-state index in [0.717, 1.165) is 12.5 Å². The van der Waals surface area contributed by atoms with Crippen LogP contribution in [0.1, 0.15) is 19.3 Å². The minimum absolute atomic E-state index is 0.0190. The molecule has 1 saturated carbocycles. The van der Waals surface area contributed by atoms with Gasteiger partial charge in [0.2, 0.25) is 0 Å². The number of nitrogens with one attached hydrogen (secondary N) is 2. The van der Waals surface area contributed by atoms with Crippen molar-refractivity contribution < 1.29 is 13.9 Å². The van der Waals surface area contributed by atoms with Crippen LogP contribution in [-0.2, 0) is 0 Å². The fourth-order valence-electron chi connectivity index (χ4n) is 1.78. The Morgan fingerprint density at radius 1 is 1.35 bits per heavy atom. The van der Waals surface area contributed by atoms with Crippen molar-refractivity contribution in [1.82, 2.24) is 4.98 Å². The first kappa shape index (κ1) is 12.0. The SMILES string of the molecule is CNc1nc(NCC2(O)CCC2)c(F)cc1F. The number of nitrogens with zero attached hydrogens (tertiary/aromatic N) is 1. The molecular formula is C11H15F2N3O. The number of halogens is 2. The third-order valence-electron chi connectivity index (χ3n) is 3.04. The highest BCUT2D eigenvalue weighted by molar-refractivity contribution is 5.47. The molecule has 1 fully saturated rings. The minimum Gasteiger partial charge on any atom is -0.388 e. The van der Waals surface area contributed by atoms with Crippen LogP contribution < -0.4 is 10.6 Å². The lowest BCUT2D eigenvalue weighted by Gasteiger charge is -2.36. The molecule has 4 nitrogen and oxygen atoms in total. The van der Waals surface area contributed by atoms with Gasteiger partial charge in [0, 0.05) is 19.7 Å². The summed E-state index contributed by atoms with van der Waals surface area (Å²) in [5, 5.41) is 15.1. The summed E-state index contributed by atoms with van der Waals surface area (Å²) in [6, 6.07) is 0.770. The molecule has 0 spiro atoms. The molecule has 1 aliphatic rings. The van der Waals surface area contributed by atoms with E-state index in [1.807, 2.05) is 0 Å². The van der Waals surface area contributed by atoms with Crippen LogP contribution in [0.4, 0.5) is 20.4 Å². The molecule has 17 heavy (non-hydrogen) atoms. The summed E-state index contributed by atoms with van der Waals surface area (Å²) >= 11 is 0. The number of pyridine rings is 1. The Kier molecular flexibility index (Phi) is 3.15. The van der Waals surface area contributed by atoms with Gasteiger partial charge in [-0.15, -0.1) is 0 Å². The van der Waals surface area contributed by atoms with Crippen molar-refractivity contribution >= 4 is 11.6 Å². The Morgan fingerprint density at radius 3 is 2.53 bits per heavy atom. The van der Waals surface area contributed by atoms with Crippen molar-refractivity contribution in [3.63, 3.8) is 0 Å². The highest BCUT2D eigenvalue weighted by atomic mass is 19.1. The van der Waals surface area contributed by atoms with E-state index in [1.54, 1.807) is 0 Å². The zero-order valence-electron chi connectivity index (χ0n) is 9.56. The first-order chi connectivity index (χ1) is 8.04. The van der Waals surface area contributed by atoms with Crippen LogP contribution in [0, 0.1) is 11.6 Å². The molecular weight excluding hydrogens is 228 g/mol. The van der Waals surface area contributed by atoms with E-state index in [4.69, 9.17) is 0 Å². The molecule has 2 rings (SSSR count). The largest absolute Gasteiger partial charge is 0.388 e. The number of hydrogen-bond acceptors (Lipinski definition) is 4. The van der Waals surface area contributed by atoms with Crippen molar-refractivity contribution in [1.29, 1.82) is 0 Å². The van der Waals surface area contributed by atoms with Crippen LogP contribution in [-0.4, -0.2) is 29.3 Å². The van der Waals surface area contributed by atoms with Crippen molar-refractivity contribution in [3.05, 3.63) is 17.7 Å². The second-order valence-corrected chi connectivity index (χ2v) is 4.33. The Morgan fingerprint density at radius 2 is 2.00 bits per heavy atom. The van der Waals surface area contributed by atoms with Crippen LogP contribution in [0.5, 0.6) is 0 Å². The van der Waals surface area contributed by atoms with Gasteiger partial charge in [-0.2, -0.15) is 0 Å². The maximum Gasteiger partial charge on any atom is 0.168 e. The summed E-state index contributed by atoms with van der Waals surface area (Å²) in [5.41, 5.74) is -0.775. The van der Waals surface area contributed by atoms with Crippen molar-refractivity contribution in [2.24, 2.45) is 0 Å². The predicted molar refractivity (Wildman–Crippen MR) is 61.0 cm³/mol. The molecule has 1 heterocycles. The van der Waals surface area contributed by atoms with Gasteiger partial charge in [-0.25, -0.2) is 13.8 Å². The van der Waals surface area contributed by atoms with E-state index in [2.05, 4.69) is 15.6 Å². The van der Waals surface area contributed by atoms with Gasteiger partial charge in [0.25, 0.3) is 0 Å². The van der Waals surface area contributed by atoms with Gasteiger partial charge in [-0.05, 0) is 19.3 Å². The van der Waals surface area contributed by atoms with Crippen molar-refractivity contribution in [2.45, 2.75) is 24.9 Å². The normalized spacial score (nSPS) is 17.4. The fraction of sp³-hybridized carbons (Fsp3) is 0.545. The molecule has 0 aromatic carbocycles. The maximum absolute atomic E-state index is 13.4. The molecule has 1 aliphatic carbocycles. The summed E-state index contributed by atoms with van der Waals surface area (Å²) < 4.78 is 26.5. The number of anilines is 2. The van der Waals surface area contributed by atoms with E-state index in [0.29, 0.717) is 12.8 Å². The smallest absolute Gasteiger partial charge is 0.168 e. The van der Waals surface area contributed by atoms with E-state index >= 15 is 0 Å². The average Bonchev–Trinajstić information content (AvgIpc) is 2.25. The Hall–Kier alpha value is -1.43. The van der Waals surface area contributed by atoms with Gasteiger partial charge in [0.05, 0.1) is 5.60 Å². The highest BCUT2D eigenvalue weighted by Crippen LogP contribution is 2.31. The maximum atomic E-state index is 13.4. The number of aromatic nitrogens is 1. The lowest BCUT2D eigenvalue weighted by Crippen LogP contribution is -2.43. The van der Waals surface area contributed by atoms with Gasteiger partial charge >= 0.3 is 0 Å². The zero-order valence-corrected chi connectivity index (χ0v) is 9.56. The van der Waals surface area contributed by atoms with Gasteiger partial charge in [-0.1, -0.05) is 0 Å². The molecule has 0 bridgehead atoms. The van der Waals surface area contributed by atoms with Crippen molar-refractivity contribution in [3.8, 4) is 0 Å². The quantitative estimate of drug-likeness (QED) is 0.753. The molecule has 6 heteroatoms. The van der Waals surface area contributed by atoms with Gasteiger partial charge in [0.15, 0.2) is 23.3 Å². The van der Waals surface area contributed by atoms with Gasteiger partial charge < -0.3 is 15.7 Å². The zero-order chi connectivity index (χ0) is 12.5. The predicted octanol–water partition coefficient (Wildman–Crippen LogP) is 1.73. The van der Waals surface area contributed by atoms with Gasteiger partial charge in [0.1, 0.15) is 0 Å². The van der Waals surface area contributed by atoms with E-state index in [1.165, 1.54) is 7.05 Å². The molecule has 0 radical (unpaired) electrons. The van der Waals surface area contributed by atoms with Crippen LogP contribution in [0.15, 0.2) is 6.07 Å². The topological polar surface area (TPSA) is 57.2 Å². The number of hydrogen-bond donors (Lipinski definition) is 3. The second kappa shape index (κ2) is 4.44. The minimum atomic E-state index is -0.775. The molecule has 0 unspecified atom stereocenters. The first-order valence-electron chi connectivity index (χ1n) is 5.54. The Balaban J connectivity index is 2.09. The van der Waals surface area contributed by atoms with E-state index < -0.39 is 17.2 Å². The standard InChI is InChI=1S/C11H15F2N3O/c1-14-9-7(12)5-8(13)10(16-9)15-6-11(17)3-2-4-11/h5,17H,2-4,6H2,1H3,(H2,14,15,16). The van der Waals surface area contributed by atoms with Crippen LogP contribution in [0.3, 0.4) is 0 Å². The third kappa shape index (κ3) is 2.46. The molecule has 0 atom stereocenters. The molecule has 0 aliphatic heterocycles. The summed E-state index contributed by atoms with van der Waals surface area (Å²) in [6.45, 7) is 0.228. The average molecular weight is 243 g/mol. The van der Waals surface area contributed by atoms with E-state index in [9.17, 15) is 13.9 Å². The van der Waals surface area contributed by atoms with Crippen molar-refractivity contribution in [2.75, 3.05) is 24.2 Å². The fourth-order valence-corrected chi connectivity index (χ4v) is 1.78. The summed E-state index contributed by atoms with van der Waals surface area (Å²) in [5.74, 6) is -1.56. The molecule has 3 N–H and O–H groups in total. The second-order valence-electron chi connectivity index (χ2n) is 4.33. The first-order valence-corrected chi connectivity index (χ1v) is 5.54. The monoisotopic (exact) mass is 243 g/mol. The summed E-state index contributed by atoms with van der Waals surface area (Å²) in [6.07, 6.45) is 2.36. The van der Waals surface area contributed by atoms with Gasteiger partial charge in [-0.3, -0.25) is 0 Å². The van der Waals surface area contributed by atoms with Crippen LogP contribution >= 0.6 is 0 Å².